The standard InChI is InChI=1S/C20H30N4OS.HI/c1-15(2)18-14-26-19(24-18)11-23-20(21-4)22-10-16(3)12-25-13-17-8-6-5-7-9-17;/h5-9,14-16H,10-13H2,1-4H3,(H2,21,22,23);1H. The summed E-state index contributed by atoms with van der Waals surface area (Å²) in [5.74, 6) is 1.65. The molecule has 2 aromatic rings. The van der Waals surface area contributed by atoms with E-state index in [2.05, 4.69) is 58.9 Å². The van der Waals surface area contributed by atoms with Gasteiger partial charge in [0.2, 0.25) is 0 Å². The van der Waals surface area contributed by atoms with Crippen molar-refractivity contribution in [3.63, 3.8) is 0 Å². The normalized spacial score (nSPS) is 12.6. The fourth-order valence-corrected chi connectivity index (χ4v) is 3.23. The molecule has 1 aromatic heterocycles. The van der Waals surface area contributed by atoms with Crippen LogP contribution in [0, 0.1) is 5.92 Å². The van der Waals surface area contributed by atoms with Crippen LogP contribution in [0.5, 0.6) is 0 Å². The van der Waals surface area contributed by atoms with Crippen LogP contribution in [-0.4, -0.2) is 31.1 Å². The molecule has 2 rings (SSSR count). The van der Waals surface area contributed by atoms with Crippen LogP contribution in [0.1, 0.15) is 43.0 Å². The van der Waals surface area contributed by atoms with Gasteiger partial charge in [-0.05, 0) is 17.4 Å². The molecule has 0 spiro atoms. The van der Waals surface area contributed by atoms with Crippen molar-refractivity contribution in [3.8, 4) is 0 Å². The molecule has 1 unspecified atom stereocenters. The smallest absolute Gasteiger partial charge is 0.191 e. The number of guanidine groups is 1. The van der Waals surface area contributed by atoms with Crippen molar-refractivity contribution in [1.29, 1.82) is 0 Å². The minimum Gasteiger partial charge on any atom is -0.376 e. The van der Waals surface area contributed by atoms with Crippen LogP contribution in [-0.2, 0) is 17.9 Å². The van der Waals surface area contributed by atoms with Gasteiger partial charge in [-0.3, -0.25) is 4.99 Å². The summed E-state index contributed by atoms with van der Waals surface area (Å²) < 4.78 is 5.79. The molecule has 7 heteroatoms. The van der Waals surface area contributed by atoms with E-state index in [9.17, 15) is 0 Å². The molecule has 27 heavy (non-hydrogen) atoms. The zero-order valence-electron chi connectivity index (χ0n) is 16.6. The van der Waals surface area contributed by atoms with Gasteiger partial charge in [0, 0.05) is 19.0 Å². The lowest BCUT2D eigenvalue weighted by atomic mass is 10.2. The lowest BCUT2D eigenvalue weighted by molar-refractivity contribution is 0.0931. The third-order valence-corrected chi connectivity index (χ3v) is 4.79. The lowest BCUT2D eigenvalue weighted by Gasteiger charge is -2.16. The summed E-state index contributed by atoms with van der Waals surface area (Å²) in [5.41, 5.74) is 2.35. The number of hydrogen-bond acceptors (Lipinski definition) is 4. The number of thiazole rings is 1. The Balaban J connectivity index is 0.00000364. The van der Waals surface area contributed by atoms with Crippen LogP contribution in [0.25, 0.3) is 0 Å². The Morgan fingerprint density at radius 3 is 2.56 bits per heavy atom. The Morgan fingerprint density at radius 1 is 1.19 bits per heavy atom. The summed E-state index contributed by atoms with van der Waals surface area (Å²) in [6, 6.07) is 10.2. The van der Waals surface area contributed by atoms with E-state index in [1.807, 2.05) is 18.2 Å². The molecule has 0 saturated carbocycles. The van der Waals surface area contributed by atoms with Crippen LogP contribution in [0.4, 0.5) is 0 Å². The Hall–Kier alpha value is -1.19. The van der Waals surface area contributed by atoms with E-state index in [1.165, 1.54) is 5.56 Å². The van der Waals surface area contributed by atoms with E-state index in [-0.39, 0.29) is 24.0 Å². The maximum atomic E-state index is 5.79. The number of ether oxygens (including phenoxy) is 1. The molecular formula is C20H31IN4OS. The van der Waals surface area contributed by atoms with Gasteiger partial charge < -0.3 is 15.4 Å². The highest BCUT2D eigenvalue weighted by atomic mass is 127. The zero-order valence-corrected chi connectivity index (χ0v) is 19.7. The van der Waals surface area contributed by atoms with E-state index >= 15 is 0 Å². The SMILES string of the molecule is CN=C(NCc1nc(C(C)C)cs1)NCC(C)COCc1ccccc1.I. The van der Waals surface area contributed by atoms with Crippen LogP contribution in [0.2, 0.25) is 0 Å². The highest BCUT2D eigenvalue weighted by molar-refractivity contribution is 14.0. The van der Waals surface area contributed by atoms with Gasteiger partial charge in [-0.25, -0.2) is 4.98 Å². The number of hydrogen-bond donors (Lipinski definition) is 2. The Kier molecular flexibility index (Phi) is 11.5. The maximum absolute atomic E-state index is 5.79. The van der Waals surface area contributed by atoms with Crippen molar-refractivity contribution in [1.82, 2.24) is 15.6 Å². The number of rotatable bonds is 9. The lowest BCUT2D eigenvalue weighted by Crippen LogP contribution is -2.39. The second-order valence-electron chi connectivity index (χ2n) is 6.73. The van der Waals surface area contributed by atoms with Gasteiger partial charge in [-0.15, -0.1) is 35.3 Å². The Bertz CT molecular complexity index is 676. The minimum atomic E-state index is 0. The Labute approximate surface area is 184 Å². The molecule has 150 valence electrons. The first-order valence-corrected chi connectivity index (χ1v) is 9.97. The fraction of sp³-hybridized carbons (Fsp3) is 0.500. The van der Waals surface area contributed by atoms with Crippen molar-refractivity contribution >= 4 is 41.3 Å². The molecule has 0 aliphatic heterocycles. The fourth-order valence-electron chi connectivity index (χ4n) is 2.33. The van der Waals surface area contributed by atoms with Crippen molar-refractivity contribution in [2.24, 2.45) is 10.9 Å². The van der Waals surface area contributed by atoms with Crippen LogP contribution >= 0.6 is 35.3 Å². The number of aromatic nitrogens is 1. The number of halogens is 1. The summed E-state index contributed by atoms with van der Waals surface area (Å²) in [5, 5.41) is 9.88. The van der Waals surface area contributed by atoms with E-state index in [4.69, 9.17) is 4.74 Å². The van der Waals surface area contributed by atoms with Crippen molar-refractivity contribution in [2.45, 2.75) is 39.8 Å². The van der Waals surface area contributed by atoms with Gasteiger partial charge >= 0.3 is 0 Å². The molecule has 1 heterocycles. The van der Waals surface area contributed by atoms with Crippen molar-refractivity contribution in [2.75, 3.05) is 20.2 Å². The molecule has 0 radical (unpaired) electrons. The summed E-state index contributed by atoms with van der Waals surface area (Å²) in [6.07, 6.45) is 0. The van der Waals surface area contributed by atoms with Crippen molar-refractivity contribution in [3.05, 3.63) is 52.0 Å². The van der Waals surface area contributed by atoms with Gasteiger partial charge in [0.05, 0.1) is 25.5 Å². The van der Waals surface area contributed by atoms with Gasteiger partial charge in [0.15, 0.2) is 5.96 Å². The summed E-state index contributed by atoms with van der Waals surface area (Å²) in [7, 11) is 1.79. The van der Waals surface area contributed by atoms with E-state index in [0.29, 0.717) is 31.6 Å². The summed E-state index contributed by atoms with van der Waals surface area (Å²) in [6.45, 7) is 9.35. The van der Waals surface area contributed by atoms with Crippen LogP contribution < -0.4 is 10.6 Å². The van der Waals surface area contributed by atoms with E-state index in [0.717, 1.165) is 23.2 Å². The average Bonchev–Trinajstić information content (AvgIpc) is 3.12. The summed E-state index contributed by atoms with van der Waals surface area (Å²) in [4.78, 5) is 8.91. The highest BCUT2D eigenvalue weighted by Gasteiger charge is 2.08. The zero-order chi connectivity index (χ0) is 18.8. The molecule has 2 N–H and O–H groups in total. The van der Waals surface area contributed by atoms with Gasteiger partial charge in [0.25, 0.3) is 0 Å². The quantitative estimate of drug-likeness (QED) is 0.303. The van der Waals surface area contributed by atoms with Gasteiger partial charge in [0.1, 0.15) is 5.01 Å². The van der Waals surface area contributed by atoms with Crippen LogP contribution in [0.15, 0.2) is 40.7 Å². The molecule has 0 fully saturated rings. The monoisotopic (exact) mass is 502 g/mol. The van der Waals surface area contributed by atoms with Gasteiger partial charge in [-0.1, -0.05) is 51.1 Å². The second-order valence-corrected chi connectivity index (χ2v) is 7.68. The first-order valence-electron chi connectivity index (χ1n) is 9.09. The maximum Gasteiger partial charge on any atom is 0.191 e. The molecule has 0 amide bonds. The summed E-state index contributed by atoms with van der Waals surface area (Å²) >= 11 is 1.69. The predicted octanol–water partition coefficient (Wildman–Crippen LogP) is 4.40. The number of benzene rings is 1. The second kappa shape index (κ2) is 13.1. The largest absolute Gasteiger partial charge is 0.376 e. The van der Waals surface area contributed by atoms with E-state index in [1.54, 1.807) is 18.4 Å². The molecular weight excluding hydrogens is 471 g/mol. The molecule has 0 aliphatic rings. The van der Waals surface area contributed by atoms with Crippen LogP contribution in [0.3, 0.4) is 0 Å². The molecule has 0 aliphatic carbocycles. The van der Waals surface area contributed by atoms with E-state index < -0.39 is 0 Å². The molecule has 0 bridgehead atoms. The number of nitrogens with one attached hydrogen (secondary N) is 2. The first kappa shape index (κ1) is 23.8. The average molecular weight is 502 g/mol. The molecule has 1 aromatic carbocycles. The first-order chi connectivity index (χ1) is 12.6. The minimum absolute atomic E-state index is 0. The van der Waals surface area contributed by atoms with Gasteiger partial charge in [-0.2, -0.15) is 0 Å². The Morgan fingerprint density at radius 2 is 1.93 bits per heavy atom. The highest BCUT2D eigenvalue weighted by Crippen LogP contribution is 2.17. The number of aliphatic imine (C=N–C) groups is 1. The third kappa shape index (κ3) is 9.03. The third-order valence-electron chi connectivity index (χ3n) is 3.92. The van der Waals surface area contributed by atoms with Crippen molar-refractivity contribution < 1.29 is 4.74 Å². The molecule has 0 saturated heterocycles. The molecule has 1 atom stereocenters. The predicted molar refractivity (Wildman–Crippen MR) is 125 cm³/mol. The number of nitrogens with zero attached hydrogens (tertiary/aromatic N) is 2. The topological polar surface area (TPSA) is 58.5 Å². The molecule has 5 nitrogen and oxygen atoms in total.